The number of allylic oxidation sites excluding steroid dienone is 1. The first kappa shape index (κ1) is 33.0. The van der Waals surface area contributed by atoms with Gasteiger partial charge in [-0.25, -0.2) is 0 Å². The van der Waals surface area contributed by atoms with Gasteiger partial charge in [0.2, 0.25) is 5.91 Å². The van der Waals surface area contributed by atoms with E-state index < -0.39 is 41.2 Å². The molecule has 0 aromatic heterocycles. The summed E-state index contributed by atoms with van der Waals surface area (Å²) in [5.41, 5.74) is -2.21. The van der Waals surface area contributed by atoms with Gasteiger partial charge >= 0.3 is 0 Å². The van der Waals surface area contributed by atoms with E-state index in [0.717, 1.165) is 5.56 Å². The lowest BCUT2D eigenvalue weighted by atomic mass is 9.67. The fraction of sp³-hybridized carbons (Fsp3) is 0.514. The van der Waals surface area contributed by atoms with E-state index in [9.17, 15) is 15.0 Å². The molecular formula is C35H45NO9. The third kappa shape index (κ3) is 5.63. The van der Waals surface area contributed by atoms with Crippen molar-refractivity contribution in [1.82, 2.24) is 5.32 Å². The van der Waals surface area contributed by atoms with Gasteiger partial charge in [-0.05, 0) is 49.6 Å². The van der Waals surface area contributed by atoms with Crippen LogP contribution in [0, 0.1) is 11.8 Å². The van der Waals surface area contributed by atoms with Gasteiger partial charge in [-0.15, -0.1) is 0 Å². The summed E-state index contributed by atoms with van der Waals surface area (Å²) < 4.78 is 35.0. The largest absolute Gasteiger partial charge is 0.500 e. The lowest BCUT2D eigenvalue weighted by molar-refractivity contribution is -0.161. The molecule has 2 aliphatic carbocycles. The average Bonchev–Trinajstić information content (AvgIpc) is 3.45. The summed E-state index contributed by atoms with van der Waals surface area (Å²) in [5.74, 6) is -1.55. The molecule has 45 heavy (non-hydrogen) atoms. The molecule has 7 unspecified atom stereocenters. The smallest absolute Gasteiger partial charge is 0.226 e. The first-order valence-electron chi connectivity index (χ1n) is 15.6. The van der Waals surface area contributed by atoms with Crippen LogP contribution in [0.15, 0.2) is 78.3 Å². The molecule has 2 aromatic rings. The molecule has 1 heterocycles. The minimum atomic E-state index is -1.98. The van der Waals surface area contributed by atoms with E-state index >= 15 is 0 Å². The summed E-state index contributed by atoms with van der Waals surface area (Å²) in [6.45, 7) is 5.21. The number of fused-ring (bicyclic) bond motifs is 3. The Morgan fingerprint density at radius 2 is 1.64 bits per heavy atom. The van der Waals surface area contributed by atoms with E-state index in [2.05, 4.69) is 5.32 Å². The zero-order chi connectivity index (χ0) is 32.2. The first-order valence-corrected chi connectivity index (χ1v) is 15.6. The van der Waals surface area contributed by atoms with Crippen molar-refractivity contribution in [3.63, 3.8) is 0 Å². The van der Waals surface area contributed by atoms with Crippen LogP contribution >= 0.6 is 0 Å². The van der Waals surface area contributed by atoms with Crippen LogP contribution < -0.4 is 10.1 Å². The van der Waals surface area contributed by atoms with Gasteiger partial charge in [0.05, 0.1) is 45.4 Å². The number of ether oxygens (including phenoxy) is 6. The number of carbonyl (C=O) groups excluding carboxylic acids is 1. The lowest BCUT2D eigenvalue weighted by Crippen LogP contribution is -2.57. The number of carbonyl (C=O) groups is 1. The third-order valence-corrected chi connectivity index (χ3v) is 9.30. The predicted molar refractivity (Wildman–Crippen MR) is 166 cm³/mol. The van der Waals surface area contributed by atoms with E-state index in [-0.39, 0.29) is 12.2 Å². The molecule has 1 saturated heterocycles. The maximum Gasteiger partial charge on any atom is 0.226 e. The molecule has 7 atom stereocenters. The summed E-state index contributed by atoms with van der Waals surface area (Å²) in [5, 5.41) is 28.4. The van der Waals surface area contributed by atoms with E-state index in [4.69, 9.17) is 28.4 Å². The Labute approximate surface area is 264 Å². The molecule has 3 aliphatic rings. The van der Waals surface area contributed by atoms with Crippen molar-refractivity contribution in [3.05, 3.63) is 89.4 Å². The van der Waals surface area contributed by atoms with Gasteiger partial charge < -0.3 is 44.0 Å². The molecule has 244 valence electrons. The molecule has 10 heteroatoms. The number of hydrogen-bond donors (Lipinski definition) is 3. The van der Waals surface area contributed by atoms with Gasteiger partial charge in [-0.1, -0.05) is 42.5 Å². The van der Waals surface area contributed by atoms with Crippen molar-refractivity contribution in [2.24, 2.45) is 11.8 Å². The van der Waals surface area contributed by atoms with Crippen LogP contribution in [-0.4, -0.2) is 81.3 Å². The number of methoxy groups -OCH3 is 3. The quantitative estimate of drug-likeness (QED) is 0.213. The van der Waals surface area contributed by atoms with Gasteiger partial charge in [0.25, 0.3) is 0 Å². The zero-order valence-electron chi connectivity index (χ0n) is 26.6. The minimum absolute atomic E-state index is 0.338. The number of aliphatic hydroxyl groups excluding tert-OH is 1. The van der Waals surface area contributed by atoms with Gasteiger partial charge in [0, 0.05) is 38.2 Å². The maximum absolute atomic E-state index is 14.2. The van der Waals surface area contributed by atoms with Crippen LogP contribution in [0.25, 0.3) is 0 Å². The van der Waals surface area contributed by atoms with Gasteiger partial charge in [0.1, 0.15) is 28.5 Å². The molecular weight excluding hydrogens is 578 g/mol. The van der Waals surface area contributed by atoms with Gasteiger partial charge in [0.15, 0.2) is 6.29 Å². The van der Waals surface area contributed by atoms with Gasteiger partial charge in [-0.3, -0.25) is 4.79 Å². The molecule has 2 fully saturated rings. The minimum Gasteiger partial charge on any atom is -0.500 e. The number of hydrogen-bond acceptors (Lipinski definition) is 9. The van der Waals surface area contributed by atoms with Crippen LogP contribution in [0.3, 0.4) is 0 Å². The molecule has 1 saturated carbocycles. The van der Waals surface area contributed by atoms with Crippen molar-refractivity contribution >= 4 is 5.91 Å². The van der Waals surface area contributed by atoms with Crippen molar-refractivity contribution in [3.8, 4) is 5.75 Å². The van der Waals surface area contributed by atoms with Crippen LogP contribution in [0.1, 0.15) is 43.7 Å². The van der Waals surface area contributed by atoms with Crippen molar-refractivity contribution < 1.29 is 43.4 Å². The highest BCUT2D eigenvalue weighted by Crippen LogP contribution is 2.68. The number of nitrogens with one attached hydrogen (secondary N) is 1. The van der Waals surface area contributed by atoms with Crippen molar-refractivity contribution in [2.75, 3.05) is 41.1 Å². The van der Waals surface area contributed by atoms with Crippen molar-refractivity contribution in [2.45, 2.75) is 62.3 Å². The highest BCUT2D eigenvalue weighted by atomic mass is 16.7. The lowest BCUT2D eigenvalue weighted by Gasteiger charge is -2.42. The molecule has 3 N–H and O–H groups in total. The van der Waals surface area contributed by atoms with Crippen LogP contribution in [-0.2, 0) is 34.1 Å². The Balaban J connectivity index is 1.59. The predicted octanol–water partition coefficient (Wildman–Crippen LogP) is 3.78. The zero-order valence-corrected chi connectivity index (χ0v) is 26.6. The molecule has 5 rings (SSSR count). The Hall–Kier alpha value is -3.41. The van der Waals surface area contributed by atoms with E-state index in [1.54, 1.807) is 38.5 Å². The summed E-state index contributed by atoms with van der Waals surface area (Å²) in [6.07, 6.45) is 2.07. The highest BCUT2D eigenvalue weighted by molar-refractivity contribution is 5.82. The SMILES string of the molecule is CCOC(CCCNC(=O)C1C(c2ccccc2)C2(c3ccc(OC)cc3)OC3C=C(OC)C=C(OC)C3C2(O)C1O)OCC. The molecule has 10 nitrogen and oxygen atoms in total. The Morgan fingerprint density at radius 3 is 2.24 bits per heavy atom. The first-order chi connectivity index (χ1) is 21.8. The normalized spacial score (nSPS) is 30.3. The third-order valence-electron chi connectivity index (χ3n) is 9.30. The standard InChI is InChI=1S/C35H45NO9/c1-6-43-28(44-7-2)14-11-19-36-33(38)29-30(22-12-9-8-10-13-22)35(23-15-17-24(40-3)18-16-23)34(39,32(29)37)31-26(42-5)20-25(41-4)21-27(31)45-35/h8-10,12-13,15-18,20-21,27-32,37,39H,6-7,11,14,19H2,1-5H3,(H,36,38). The van der Waals surface area contributed by atoms with Crippen LogP contribution in [0.2, 0.25) is 0 Å². The Bertz CT molecular complexity index is 1360. The topological polar surface area (TPSA) is 125 Å². The summed E-state index contributed by atoms with van der Waals surface area (Å²) >= 11 is 0. The second kappa shape index (κ2) is 13.9. The summed E-state index contributed by atoms with van der Waals surface area (Å²) in [6, 6.07) is 16.7. The maximum atomic E-state index is 14.2. The van der Waals surface area contributed by atoms with Crippen molar-refractivity contribution in [1.29, 1.82) is 0 Å². The Morgan fingerprint density at radius 1 is 0.956 bits per heavy atom. The number of rotatable bonds is 14. The summed E-state index contributed by atoms with van der Waals surface area (Å²) in [7, 11) is 4.64. The number of aliphatic hydroxyl groups is 2. The number of amides is 1. The second-order valence-corrected chi connectivity index (χ2v) is 11.5. The highest BCUT2D eigenvalue weighted by Gasteiger charge is 2.80. The Kier molecular flexibility index (Phi) is 10.2. The molecule has 0 radical (unpaired) electrons. The van der Waals surface area contributed by atoms with E-state index in [1.807, 2.05) is 56.3 Å². The fourth-order valence-electron chi connectivity index (χ4n) is 7.45. The van der Waals surface area contributed by atoms with Crippen LogP contribution in [0.4, 0.5) is 0 Å². The molecule has 1 amide bonds. The molecule has 1 aliphatic heterocycles. The monoisotopic (exact) mass is 623 g/mol. The van der Waals surface area contributed by atoms with Gasteiger partial charge in [-0.2, -0.15) is 0 Å². The molecule has 0 bridgehead atoms. The number of benzene rings is 2. The second-order valence-electron chi connectivity index (χ2n) is 11.5. The average molecular weight is 624 g/mol. The summed E-state index contributed by atoms with van der Waals surface area (Å²) in [4.78, 5) is 14.2. The molecule has 0 spiro atoms. The fourth-order valence-corrected chi connectivity index (χ4v) is 7.45. The van der Waals surface area contributed by atoms with E-state index in [0.29, 0.717) is 55.4 Å². The van der Waals surface area contributed by atoms with E-state index in [1.165, 1.54) is 7.11 Å². The van der Waals surface area contributed by atoms with Crippen LogP contribution in [0.5, 0.6) is 5.75 Å². The molecule has 2 aromatic carbocycles.